The van der Waals surface area contributed by atoms with Crippen molar-refractivity contribution in [3.8, 4) is 11.5 Å². The van der Waals surface area contributed by atoms with E-state index in [1.165, 1.54) is 6.07 Å². The van der Waals surface area contributed by atoms with Gasteiger partial charge in [-0.2, -0.15) is 0 Å². The Labute approximate surface area is 166 Å². The first-order valence-corrected chi connectivity index (χ1v) is 9.00. The van der Waals surface area contributed by atoms with Gasteiger partial charge >= 0.3 is 11.6 Å². The van der Waals surface area contributed by atoms with Crippen LogP contribution in [-0.2, 0) is 16.1 Å². The van der Waals surface area contributed by atoms with Gasteiger partial charge in [0.2, 0.25) is 0 Å². The van der Waals surface area contributed by atoms with E-state index in [4.69, 9.17) is 18.6 Å². The van der Waals surface area contributed by atoms with Crippen LogP contribution in [-0.4, -0.2) is 19.7 Å². The van der Waals surface area contributed by atoms with Crippen LogP contribution in [0.4, 0.5) is 0 Å². The molecule has 6 heteroatoms. The van der Waals surface area contributed by atoms with Crippen LogP contribution in [0.1, 0.15) is 5.56 Å². The molecule has 0 bridgehead atoms. The molecule has 0 saturated carbocycles. The molecule has 0 aliphatic carbocycles. The van der Waals surface area contributed by atoms with Crippen LogP contribution in [0.25, 0.3) is 21.7 Å². The lowest BCUT2D eigenvalue weighted by molar-refractivity contribution is -0.147. The van der Waals surface area contributed by atoms with Gasteiger partial charge in [-0.15, -0.1) is 0 Å². The summed E-state index contributed by atoms with van der Waals surface area (Å²) in [6, 6.07) is 19.7. The van der Waals surface area contributed by atoms with E-state index in [0.29, 0.717) is 11.3 Å². The van der Waals surface area contributed by atoms with Crippen molar-refractivity contribution < 1.29 is 23.4 Å². The summed E-state index contributed by atoms with van der Waals surface area (Å²) < 4.78 is 21.1. The summed E-state index contributed by atoms with van der Waals surface area (Å²) in [5.74, 6) is 0.722. The Balaban J connectivity index is 1.35. The summed E-state index contributed by atoms with van der Waals surface area (Å²) in [5.41, 5.74) is 0.836. The summed E-state index contributed by atoms with van der Waals surface area (Å²) in [5, 5.41) is 2.85. The molecule has 0 radical (unpaired) electrons. The highest BCUT2D eigenvalue weighted by Gasteiger charge is 2.07. The highest BCUT2D eigenvalue weighted by atomic mass is 16.6. The predicted octanol–water partition coefficient (Wildman–Crippen LogP) is 4.08. The van der Waals surface area contributed by atoms with Gasteiger partial charge < -0.3 is 18.6 Å². The quantitative estimate of drug-likeness (QED) is 0.365. The van der Waals surface area contributed by atoms with Gasteiger partial charge in [-0.1, -0.05) is 18.2 Å². The standard InChI is InChI=1S/C23H18O6/c1-26-19-7-5-17-10-15(2-3-18(17)11-19)13-28-23(25)14-27-20-8-4-16-6-9-22(24)29-21(16)12-20/h2-12H,13-14H2,1H3. The van der Waals surface area contributed by atoms with Crippen molar-refractivity contribution >= 4 is 27.7 Å². The predicted molar refractivity (Wildman–Crippen MR) is 108 cm³/mol. The molecule has 0 fully saturated rings. The van der Waals surface area contributed by atoms with E-state index < -0.39 is 11.6 Å². The van der Waals surface area contributed by atoms with Crippen molar-refractivity contribution in [2.24, 2.45) is 0 Å². The second-order valence-corrected chi connectivity index (χ2v) is 6.45. The van der Waals surface area contributed by atoms with E-state index in [-0.39, 0.29) is 13.2 Å². The molecule has 3 aromatic carbocycles. The lowest BCUT2D eigenvalue weighted by Crippen LogP contribution is -2.14. The number of ether oxygens (including phenoxy) is 3. The second kappa shape index (κ2) is 8.06. The van der Waals surface area contributed by atoms with Gasteiger partial charge in [-0.3, -0.25) is 0 Å². The summed E-state index contributed by atoms with van der Waals surface area (Å²) >= 11 is 0. The van der Waals surface area contributed by atoms with Gasteiger partial charge in [0.05, 0.1) is 7.11 Å². The smallest absolute Gasteiger partial charge is 0.344 e. The number of fused-ring (bicyclic) bond motifs is 2. The maximum absolute atomic E-state index is 12.0. The fourth-order valence-corrected chi connectivity index (χ4v) is 2.97. The first kappa shape index (κ1) is 18.6. The topological polar surface area (TPSA) is 75.0 Å². The van der Waals surface area contributed by atoms with E-state index in [9.17, 15) is 9.59 Å². The number of methoxy groups -OCH3 is 1. The van der Waals surface area contributed by atoms with Crippen LogP contribution >= 0.6 is 0 Å². The minimum atomic E-state index is -0.491. The maximum atomic E-state index is 12.0. The van der Waals surface area contributed by atoms with Gasteiger partial charge in [0.25, 0.3) is 0 Å². The fraction of sp³-hybridized carbons (Fsp3) is 0.130. The van der Waals surface area contributed by atoms with E-state index in [0.717, 1.165) is 27.5 Å². The SMILES string of the molecule is COc1ccc2cc(COC(=O)COc3ccc4ccc(=O)oc4c3)ccc2c1. The molecule has 0 unspecified atom stereocenters. The molecule has 0 saturated heterocycles. The summed E-state index contributed by atoms with van der Waals surface area (Å²) in [6.07, 6.45) is 0. The molecular formula is C23H18O6. The number of hydrogen-bond acceptors (Lipinski definition) is 6. The number of benzene rings is 3. The minimum Gasteiger partial charge on any atom is -0.497 e. The molecule has 0 aliphatic heterocycles. The van der Waals surface area contributed by atoms with Gasteiger partial charge in [0.1, 0.15) is 23.7 Å². The average Bonchev–Trinajstić information content (AvgIpc) is 2.75. The Morgan fingerprint density at radius 1 is 0.862 bits per heavy atom. The maximum Gasteiger partial charge on any atom is 0.344 e. The third-order valence-electron chi connectivity index (χ3n) is 4.46. The second-order valence-electron chi connectivity index (χ2n) is 6.45. The average molecular weight is 390 g/mol. The van der Waals surface area contributed by atoms with E-state index in [2.05, 4.69) is 0 Å². The van der Waals surface area contributed by atoms with Crippen LogP contribution in [0.2, 0.25) is 0 Å². The van der Waals surface area contributed by atoms with Crippen LogP contribution in [0.5, 0.6) is 11.5 Å². The summed E-state index contributed by atoms with van der Waals surface area (Å²) in [6.45, 7) is -0.0931. The molecular weight excluding hydrogens is 372 g/mol. The molecule has 0 aliphatic rings. The van der Waals surface area contributed by atoms with E-state index >= 15 is 0 Å². The molecule has 6 nitrogen and oxygen atoms in total. The van der Waals surface area contributed by atoms with Gasteiger partial charge in [0.15, 0.2) is 6.61 Å². The Bertz CT molecular complexity index is 1240. The Hall–Kier alpha value is -3.80. The number of carbonyl (C=O) groups excluding carboxylic acids is 1. The molecule has 4 rings (SSSR count). The van der Waals surface area contributed by atoms with E-state index in [1.807, 2.05) is 36.4 Å². The number of rotatable bonds is 6. The van der Waals surface area contributed by atoms with Crippen molar-refractivity contribution in [1.29, 1.82) is 0 Å². The third-order valence-corrected chi connectivity index (χ3v) is 4.46. The summed E-state index contributed by atoms with van der Waals surface area (Å²) in [7, 11) is 1.63. The normalized spacial score (nSPS) is 10.8. The van der Waals surface area contributed by atoms with Crippen molar-refractivity contribution in [1.82, 2.24) is 0 Å². The van der Waals surface area contributed by atoms with Crippen LogP contribution in [0.3, 0.4) is 0 Å². The molecule has 0 amide bonds. The molecule has 0 N–H and O–H groups in total. The van der Waals surface area contributed by atoms with Crippen molar-refractivity contribution in [2.45, 2.75) is 6.61 Å². The number of esters is 1. The Morgan fingerprint density at radius 3 is 2.45 bits per heavy atom. The van der Waals surface area contributed by atoms with Crippen LogP contribution in [0.15, 0.2) is 75.9 Å². The van der Waals surface area contributed by atoms with Crippen LogP contribution in [0, 0.1) is 0 Å². The lowest BCUT2D eigenvalue weighted by atomic mass is 10.1. The Morgan fingerprint density at radius 2 is 1.59 bits per heavy atom. The first-order valence-electron chi connectivity index (χ1n) is 9.00. The molecule has 1 aromatic heterocycles. The van der Waals surface area contributed by atoms with Crippen molar-refractivity contribution in [2.75, 3.05) is 13.7 Å². The minimum absolute atomic E-state index is 0.150. The van der Waals surface area contributed by atoms with E-state index in [1.54, 1.807) is 31.4 Å². The lowest BCUT2D eigenvalue weighted by Gasteiger charge is -2.09. The highest BCUT2D eigenvalue weighted by Crippen LogP contribution is 2.22. The monoisotopic (exact) mass is 390 g/mol. The summed E-state index contributed by atoms with van der Waals surface area (Å²) in [4.78, 5) is 23.3. The van der Waals surface area contributed by atoms with Crippen molar-refractivity contribution in [3.63, 3.8) is 0 Å². The number of carbonyl (C=O) groups is 1. The molecule has 146 valence electrons. The van der Waals surface area contributed by atoms with Gasteiger partial charge in [0, 0.05) is 17.5 Å². The molecule has 4 aromatic rings. The largest absolute Gasteiger partial charge is 0.497 e. The van der Waals surface area contributed by atoms with Gasteiger partial charge in [-0.05, 0) is 52.7 Å². The zero-order valence-corrected chi connectivity index (χ0v) is 15.7. The molecule has 1 heterocycles. The molecule has 0 spiro atoms. The van der Waals surface area contributed by atoms with Gasteiger partial charge in [-0.25, -0.2) is 9.59 Å². The number of hydrogen-bond donors (Lipinski definition) is 0. The zero-order chi connectivity index (χ0) is 20.2. The molecule has 0 atom stereocenters. The van der Waals surface area contributed by atoms with Crippen LogP contribution < -0.4 is 15.1 Å². The zero-order valence-electron chi connectivity index (χ0n) is 15.7. The molecule has 29 heavy (non-hydrogen) atoms. The van der Waals surface area contributed by atoms with Crippen molar-refractivity contribution in [3.05, 3.63) is 82.7 Å². The Kier molecular flexibility index (Phi) is 5.16. The fourth-order valence-electron chi connectivity index (χ4n) is 2.97. The third kappa shape index (κ3) is 4.38. The first-order chi connectivity index (χ1) is 14.1. The highest BCUT2D eigenvalue weighted by molar-refractivity contribution is 5.84.